The normalized spacial score (nSPS) is 19.1. The van der Waals surface area contributed by atoms with Crippen LogP contribution in [0.1, 0.15) is 46.7 Å². The van der Waals surface area contributed by atoms with Crippen molar-refractivity contribution in [1.29, 1.82) is 0 Å². The maximum absolute atomic E-state index is 10.6. The fourth-order valence-electron chi connectivity index (χ4n) is 2.91. The zero-order valence-corrected chi connectivity index (χ0v) is 12.4. The van der Waals surface area contributed by atoms with Crippen LogP contribution in [-0.4, -0.2) is 21.9 Å². The van der Waals surface area contributed by atoms with E-state index in [1.54, 1.807) is 0 Å². The highest BCUT2D eigenvalue weighted by atomic mass is 16.5. The molecular formula is C17H20N2O2. The first-order chi connectivity index (χ1) is 10.1. The second-order valence-electron chi connectivity index (χ2n) is 5.59. The van der Waals surface area contributed by atoms with Crippen LogP contribution in [0.3, 0.4) is 0 Å². The first-order valence-corrected chi connectivity index (χ1v) is 7.33. The third-order valence-corrected chi connectivity index (χ3v) is 4.03. The van der Waals surface area contributed by atoms with E-state index < -0.39 is 6.10 Å². The van der Waals surface area contributed by atoms with Crippen LogP contribution in [0.5, 0.6) is 0 Å². The molecule has 2 heterocycles. The minimum atomic E-state index is -0.588. The van der Waals surface area contributed by atoms with Gasteiger partial charge in [-0.25, -0.2) is 0 Å². The standard InChI is InChI=1S/C17H20N2O2/c1-11-9-15(12(2)19-18-11)16(20)10-17-14-6-4-3-5-13(14)7-8-21-17/h3-6,9,16-17,20H,7-8,10H2,1-2H3. The van der Waals surface area contributed by atoms with Crippen LogP contribution in [0.15, 0.2) is 30.3 Å². The van der Waals surface area contributed by atoms with Gasteiger partial charge in [0, 0.05) is 12.0 Å². The van der Waals surface area contributed by atoms with Crippen LogP contribution >= 0.6 is 0 Å². The van der Waals surface area contributed by atoms with E-state index in [0.29, 0.717) is 13.0 Å². The van der Waals surface area contributed by atoms with Gasteiger partial charge in [0.05, 0.1) is 30.2 Å². The van der Waals surface area contributed by atoms with Gasteiger partial charge in [0.2, 0.25) is 0 Å². The third-order valence-electron chi connectivity index (χ3n) is 4.03. The first-order valence-electron chi connectivity index (χ1n) is 7.33. The topological polar surface area (TPSA) is 55.2 Å². The predicted octanol–water partition coefficient (Wildman–Crippen LogP) is 2.83. The molecule has 0 bridgehead atoms. The molecule has 4 nitrogen and oxygen atoms in total. The van der Waals surface area contributed by atoms with Crippen molar-refractivity contribution < 1.29 is 9.84 Å². The molecule has 2 aromatic rings. The average Bonchev–Trinajstić information content (AvgIpc) is 2.50. The number of rotatable bonds is 3. The Morgan fingerprint density at radius 1 is 1.29 bits per heavy atom. The summed E-state index contributed by atoms with van der Waals surface area (Å²) in [7, 11) is 0. The largest absolute Gasteiger partial charge is 0.388 e. The molecule has 0 saturated heterocycles. The number of aliphatic hydroxyl groups excluding tert-OH is 1. The summed E-state index contributed by atoms with van der Waals surface area (Å²) in [6.07, 6.45) is 0.842. The van der Waals surface area contributed by atoms with Gasteiger partial charge in [-0.2, -0.15) is 10.2 Å². The van der Waals surface area contributed by atoms with Crippen LogP contribution < -0.4 is 0 Å². The van der Waals surface area contributed by atoms with Gasteiger partial charge in [-0.15, -0.1) is 0 Å². The molecule has 1 aromatic heterocycles. The lowest BCUT2D eigenvalue weighted by molar-refractivity contribution is 0.00351. The highest BCUT2D eigenvalue weighted by Gasteiger charge is 2.25. The molecule has 0 amide bonds. The van der Waals surface area contributed by atoms with Gasteiger partial charge in [-0.1, -0.05) is 24.3 Å². The lowest BCUT2D eigenvalue weighted by Gasteiger charge is -2.28. The predicted molar refractivity (Wildman–Crippen MR) is 79.9 cm³/mol. The summed E-state index contributed by atoms with van der Waals surface area (Å²) >= 11 is 0. The second-order valence-corrected chi connectivity index (χ2v) is 5.59. The molecule has 110 valence electrons. The molecule has 3 rings (SSSR count). The summed E-state index contributed by atoms with van der Waals surface area (Å²) in [6, 6.07) is 10.2. The molecule has 1 N–H and O–H groups in total. The molecule has 1 aromatic carbocycles. The van der Waals surface area contributed by atoms with E-state index >= 15 is 0 Å². The molecular weight excluding hydrogens is 264 g/mol. The number of benzene rings is 1. The smallest absolute Gasteiger partial charge is 0.0855 e. The molecule has 0 spiro atoms. The number of nitrogens with zero attached hydrogens (tertiary/aromatic N) is 2. The maximum atomic E-state index is 10.6. The molecule has 0 fully saturated rings. The molecule has 1 aliphatic heterocycles. The zero-order chi connectivity index (χ0) is 14.8. The van der Waals surface area contributed by atoms with Crippen LogP contribution in [0.25, 0.3) is 0 Å². The van der Waals surface area contributed by atoms with E-state index in [9.17, 15) is 5.11 Å². The van der Waals surface area contributed by atoms with Crippen molar-refractivity contribution in [3.05, 3.63) is 58.4 Å². The number of fused-ring (bicyclic) bond motifs is 1. The quantitative estimate of drug-likeness (QED) is 0.941. The number of hydrogen-bond acceptors (Lipinski definition) is 4. The number of aliphatic hydroxyl groups is 1. The van der Waals surface area contributed by atoms with Gasteiger partial charge in [0.25, 0.3) is 0 Å². The minimum Gasteiger partial charge on any atom is -0.388 e. The summed E-state index contributed by atoms with van der Waals surface area (Å²) in [6.45, 7) is 4.47. The Balaban J connectivity index is 1.82. The Labute approximate surface area is 124 Å². The van der Waals surface area contributed by atoms with Gasteiger partial charge < -0.3 is 9.84 Å². The van der Waals surface area contributed by atoms with Crippen molar-refractivity contribution in [3.8, 4) is 0 Å². The highest BCUT2D eigenvalue weighted by molar-refractivity contribution is 5.31. The fourth-order valence-corrected chi connectivity index (χ4v) is 2.91. The van der Waals surface area contributed by atoms with Crippen molar-refractivity contribution in [2.75, 3.05) is 6.61 Å². The van der Waals surface area contributed by atoms with Gasteiger partial charge >= 0.3 is 0 Å². The van der Waals surface area contributed by atoms with Gasteiger partial charge in [-0.05, 0) is 37.5 Å². The van der Waals surface area contributed by atoms with Gasteiger partial charge in [0.1, 0.15) is 0 Å². The van der Waals surface area contributed by atoms with E-state index in [0.717, 1.165) is 23.4 Å². The number of hydrogen-bond donors (Lipinski definition) is 1. The van der Waals surface area contributed by atoms with E-state index in [1.807, 2.05) is 26.0 Å². The molecule has 0 saturated carbocycles. The second kappa shape index (κ2) is 5.92. The van der Waals surface area contributed by atoms with Crippen molar-refractivity contribution in [2.24, 2.45) is 0 Å². The molecule has 21 heavy (non-hydrogen) atoms. The Kier molecular flexibility index (Phi) is 3.99. The number of ether oxygens (including phenoxy) is 1. The average molecular weight is 284 g/mol. The molecule has 0 aliphatic carbocycles. The molecule has 0 radical (unpaired) electrons. The van der Waals surface area contributed by atoms with E-state index in [2.05, 4.69) is 28.4 Å². The Morgan fingerprint density at radius 3 is 2.95 bits per heavy atom. The number of aryl methyl sites for hydroxylation is 2. The van der Waals surface area contributed by atoms with Crippen molar-refractivity contribution >= 4 is 0 Å². The summed E-state index contributed by atoms with van der Waals surface area (Å²) in [4.78, 5) is 0. The summed E-state index contributed by atoms with van der Waals surface area (Å²) in [5, 5.41) is 18.7. The highest BCUT2D eigenvalue weighted by Crippen LogP contribution is 2.34. The third kappa shape index (κ3) is 2.96. The summed E-state index contributed by atoms with van der Waals surface area (Å²) in [5.74, 6) is 0. The summed E-state index contributed by atoms with van der Waals surface area (Å²) in [5.41, 5.74) is 4.95. The molecule has 4 heteroatoms. The Morgan fingerprint density at radius 2 is 2.10 bits per heavy atom. The van der Waals surface area contributed by atoms with Crippen LogP contribution in [0.4, 0.5) is 0 Å². The Bertz CT molecular complexity index is 642. The molecule has 1 aliphatic rings. The van der Waals surface area contributed by atoms with Crippen molar-refractivity contribution in [1.82, 2.24) is 10.2 Å². The van der Waals surface area contributed by atoms with Crippen LogP contribution in [0, 0.1) is 13.8 Å². The lowest BCUT2D eigenvalue weighted by atomic mass is 9.92. The SMILES string of the molecule is Cc1cc(C(O)CC2OCCc3ccccc32)c(C)nn1. The van der Waals surface area contributed by atoms with Crippen molar-refractivity contribution in [3.63, 3.8) is 0 Å². The maximum Gasteiger partial charge on any atom is 0.0855 e. The van der Waals surface area contributed by atoms with E-state index in [4.69, 9.17) is 4.74 Å². The fraction of sp³-hybridized carbons (Fsp3) is 0.412. The van der Waals surface area contributed by atoms with E-state index in [-0.39, 0.29) is 6.10 Å². The Hall–Kier alpha value is -1.78. The molecule has 2 unspecified atom stereocenters. The monoisotopic (exact) mass is 284 g/mol. The van der Waals surface area contributed by atoms with Crippen LogP contribution in [-0.2, 0) is 11.2 Å². The number of aromatic nitrogens is 2. The minimum absolute atomic E-state index is 0.0576. The van der Waals surface area contributed by atoms with Crippen molar-refractivity contribution in [2.45, 2.75) is 38.9 Å². The lowest BCUT2D eigenvalue weighted by Crippen LogP contribution is -2.19. The van der Waals surface area contributed by atoms with E-state index in [1.165, 1.54) is 11.1 Å². The first kappa shape index (κ1) is 14.2. The summed E-state index contributed by atoms with van der Waals surface area (Å²) < 4.78 is 5.87. The van der Waals surface area contributed by atoms with Crippen LogP contribution in [0.2, 0.25) is 0 Å². The molecule has 2 atom stereocenters. The zero-order valence-electron chi connectivity index (χ0n) is 12.4. The van der Waals surface area contributed by atoms with Gasteiger partial charge in [-0.3, -0.25) is 0 Å². The van der Waals surface area contributed by atoms with Gasteiger partial charge in [0.15, 0.2) is 0 Å².